The summed E-state index contributed by atoms with van der Waals surface area (Å²) in [6, 6.07) is 7.91. The summed E-state index contributed by atoms with van der Waals surface area (Å²) in [5, 5.41) is 3.47. The number of nitrogens with two attached hydrogens (primary N) is 1. The highest BCUT2D eigenvalue weighted by molar-refractivity contribution is 5.78. The predicted octanol–water partition coefficient (Wildman–Crippen LogP) is 1.47. The lowest BCUT2D eigenvalue weighted by Gasteiger charge is -2.30. The van der Waals surface area contributed by atoms with Gasteiger partial charge in [0.25, 0.3) is 0 Å². The number of hydrogen-bond donors (Lipinski definition) is 2. The molecule has 4 nitrogen and oxygen atoms in total. The van der Waals surface area contributed by atoms with Gasteiger partial charge >= 0.3 is 0 Å². The van der Waals surface area contributed by atoms with Gasteiger partial charge in [0.05, 0.1) is 6.42 Å². The molecule has 1 aliphatic heterocycles. The van der Waals surface area contributed by atoms with E-state index in [1.54, 1.807) is 0 Å². The van der Waals surface area contributed by atoms with Crippen LogP contribution in [0.15, 0.2) is 24.3 Å². The monoisotopic (exact) mass is 261 g/mol. The van der Waals surface area contributed by atoms with Gasteiger partial charge < -0.3 is 16.0 Å². The highest BCUT2D eigenvalue weighted by Crippen LogP contribution is 2.19. The first-order valence-electron chi connectivity index (χ1n) is 6.94. The highest BCUT2D eigenvalue weighted by atomic mass is 16.1. The summed E-state index contributed by atoms with van der Waals surface area (Å²) in [7, 11) is 2.17. The number of likely N-dealkylation sites (tertiary alicyclic amines) is 1. The van der Waals surface area contributed by atoms with Crippen LogP contribution in [0.25, 0.3) is 0 Å². The number of anilines is 1. The van der Waals surface area contributed by atoms with Crippen LogP contribution in [-0.2, 0) is 11.2 Å². The Bertz CT molecular complexity index is 433. The maximum absolute atomic E-state index is 11.1. The molecular weight excluding hydrogens is 238 g/mol. The van der Waals surface area contributed by atoms with Crippen LogP contribution in [0.3, 0.4) is 0 Å². The third kappa shape index (κ3) is 4.24. The molecule has 0 bridgehead atoms. The SMILES string of the molecule is CN1CCCC(CNc2ccccc2CC(N)=O)C1. The van der Waals surface area contributed by atoms with Crippen molar-refractivity contribution in [3.05, 3.63) is 29.8 Å². The van der Waals surface area contributed by atoms with Crippen LogP contribution in [0.4, 0.5) is 5.69 Å². The zero-order valence-corrected chi connectivity index (χ0v) is 11.6. The molecular formula is C15H23N3O. The van der Waals surface area contributed by atoms with E-state index in [2.05, 4.69) is 17.3 Å². The van der Waals surface area contributed by atoms with Crippen LogP contribution < -0.4 is 11.1 Å². The quantitative estimate of drug-likeness (QED) is 0.844. The van der Waals surface area contributed by atoms with Crippen molar-refractivity contribution in [3.63, 3.8) is 0 Å². The molecule has 0 spiro atoms. The summed E-state index contributed by atoms with van der Waals surface area (Å²) in [5.41, 5.74) is 7.30. The van der Waals surface area contributed by atoms with E-state index in [9.17, 15) is 4.79 Å². The summed E-state index contributed by atoms with van der Waals surface area (Å²) >= 11 is 0. The molecule has 1 unspecified atom stereocenters. The van der Waals surface area contributed by atoms with Gasteiger partial charge in [-0.15, -0.1) is 0 Å². The maximum atomic E-state index is 11.1. The van der Waals surface area contributed by atoms with Crippen molar-refractivity contribution in [2.24, 2.45) is 11.7 Å². The Morgan fingerprint density at radius 3 is 3.00 bits per heavy atom. The molecule has 2 rings (SSSR count). The van der Waals surface area contributed by atoms with Crippen molar-refractivity contribution >= 4 is 11.6 Å². The van der Waals surface area contributed by atoms with Crippen molar-refractivity contribution in [3.8, 4) is 0 Å². The molecule has 3 N–H and O–H groups in total. The number of carbonyl (C=O) groups is 1. The molecule has 1 amide bonds. The molecule has 1 aliphatic rings. The fourth-order valence-electron chi connectivity index (χ4n) is 2.73. The second-order valence-electron chi connectivity index (χ2n) is 5.45. The fourth-order valence-corrected chi connectivity index (χ4v) is 2.73. The number of piperidine rings is 1. The van der Waals surface area contributed by atoms with Gasteiger partial charge in [-0.25, -0.2) is 0 Å². The van der Waals surface area contributed by atoms with E-state index < -0.39 is 0 Å². The number of nitrogens with zero attached hydrogens (tertiary/aromatic N) is 1. The molecule has 1 aromatic rings. The van der Waals surface area contributed by atoms with E-state index >= 15 is 0 Å². The van der Waals surface area contributed by atoms with Crippen molar-refractivity contribution in [1.29, 1.82) is 0 Å². The van der Waals surface area contributed by atoms with Gasteiger partial charge in [0.1, 0.15) is 0 Å². The number of para-hydroxylation sites is 1. The van der Waals surface area contributed by atoms with Crippen LogP contribution in [0.2, 0.25) is 0 Å². The van der Waals surface area contributed by atoms with Crippen molar-refractivity contribution in [1.82, 2.24) is 4.90 Å². The lowest BCUT2D eigenvalue weighted by atomic mass is 9.98. The Labute approximate surface area is 115 Å². The number of primary amides is 1. The van der Waals surface area contributed by atoms with Gasteiger partial charge in [0.15, 0.2) is 0 Å². The van der Waals surface area contributed by atoms with Crippen molar-refractivity contribution < 1.29 is 4.79 Å². The molecule has 0 aliphatic carbocycles. The third-order valence-electron chi connectivity index (χ3n) is 3.69. The van der Waals surface area contributed by atoms with Gasteiger partial charge in [-0.1, -0.05) is 18.2 Å². The summed E-state index contributed by atoms with van der Waals surface area (Å²) in [5.74, 6) is 0.395. The number of rotatable bonds is 5. The predicted molar refractivity (Wildman–Crippen MR) is 78.1 cm³/mol. The van der Waals surface area contributed by atoms with Gasteiger partial charge in [-0.2, -0.15) is 0 Å². The Morgan fingerprint density at radius 1 is 1.47 bits per heavy atom. The summed E-state index contributed by atoms with van der Waals surface area (Å²) in [6.45, 7) is 3.31. The Kier molecular flexibility index (Phi) is 4.80. The van der Waals surface area contributed by atoms with Gasteiger partial charge in [0.2, 0.25) is 5.91 Å². The van der Waals surface area contributed by atoms with E-state index in [4.69, 9.17) is 5.73 Å². The minimum Gasteiger partial charge on any atom is -0.384 e. The van der Waals surface area contributed by atoms with E-state index in [-0.39, 0.29) is 5.91 Å². The number of nitrogens with one attached hydrogen (secondary N) is 1. The maximum Gasteiger partial charge on any atom is 0.221 e. The third-order valence-corrected chi connectivity index (χ3v) is 3.69. The van der Waals surface area contributed by atoms with Crippen LogP contribution in [-0.4, -0.2) is 37.5 Å². The molecule has 104 valence electrons. The Hall–Kier alpha value is -1.55. The smallest absolute Gasteiger partial charge is 0.221 e. The van der Waals surface area contributed by atoms with Crippen LogP contribution in [0, 0.1) is 5.92 Å². The highest BCUT2D eigenvalue weighted by Gasteiger charge is 2.17. The first kappa shape index (κ1) is 13.9. The van der Waals surface area contributed by atoms with Gasteiger partial charge in [-0.05, 0) is 44.0 Å². The molecule has 19 heavy (non-hydrogen) atoms. The van der Waals surface area contributed by atoms with Gasteiger partial charge in [0, 0.05) is 18.8 Å². The largest absolute Gasteiger partial charge is 0.384 e. The number of amides is 1. The standard InChI is InChI=1S/C15H23N3O/c1-18-8-4-5-12(11-18)10-17-14-7-3-2-6-13(14)9-15(16)19/h2-3,6-7,12,17H,4-5,8-11H2,1H3,(H2,16,19). The molecule has 0 radical (unpaired) electrons. The van der Waals surface area contributed by atoms with Crippen LogP contribution in [0.5, 0.6) is 0 Å². The van der Waals surface area contributed by atoms with E-state index in [0.717, 1.165) is 24.3 Å². The lowest BCUT2D eigenvalue weighted by molar-refractivity contribution is -0.117. The first-order chi connectivity index (χ1) is 9.15. The molecule has 1 atom stereocenters. The molecule has 1 aromatic carbocycles. The number of hydrogen-bond acceptors (Lipinski definition) is 3. The molecule has 1 fully saturated rings. The summed E-state index contributed by atoms with van der Waals surface area (Å²) < 4.78 is 0. The van der Waals surface area contributed by atoms with E-state index in [1.165, 1.54) is 19.4 Å². The second kappa shape index (κ2) is 6.57. The van der Waals surface area contributed by atoms with E-state index in [0.29, 0.717) is 12.3 Å². The lowest BCUT2D eigenvalue weighted by Crippen LogP contribution is -2.35. The fraction of sp³-hybridized carbons (Fsp3) is 0.533. The van der Waals surface area contributed by atoms with Crippen molar-refractivity contribution in [2.45, 2.75) is 19.3 Å². The average molecular weight is 261 g/mol. The molecule has 1 saturated heterocycles. The van der Waals surface area contributed by atoms with Gasteiger partial charge in [-0.3, -0.25) is 4.79 Å². The van der Waals surface area contributed by atoms with E-state index in [1.807, 2.05) is 24.3 Å². The first-order valence-corrected chi connectivity index (χ1v) is 6.94. The van der Waals surface area contributed by atoms with Crippen LogP contribution in [0.1, 0.15) is 18.4 Å². The summed E-state index contributed by atoms with van der Waals surface area (Å²) in [4.78, 5) is 13.4. The average Bonchev–Trinajstić information content (AvgIpc) is 2.37. The Morgan fingerprint density at radius 2 is 2.26 bits per heavy atom. The number of carbonyl (C=O) groups excluding carboxylic acids is 1. The minimum absolute atomic E-state index is 0.286. The zero-order chi connectivity index (χ0) is 13.7. The second-order valence-corrected chi connectivity index (χ2v) is 5.45. The van der Waals surface area contributed by atoms with Crippen molar-refractivity contribution in [2.75, 3.05) is 32.0 Å². The molecule has 0 aromatic heterocycles. The Balaban J connectivity index is 1.93. The summed E-state index contributed by atoms with van der Waals surface area (Å²) in [6.07, 6.45) is 2.84. The molecule has 4 heteroatoms. The number of benzene rings is 1. The molecule has 0 saturated carbocycles. The topological polar surface area (TPSA) is 58.4 Å². The van der Waals surface area contributed by atoms with Crippen LogP contribution >= 0.6 is 0 Å². The zero-order valence-electron chi connectivity index (χ0n) is 11.6. The molecule has 1 heterocycles. The normalized spacial score (nSPS) is 20.2. The minimum atomic E-state index is -0.286.